The summed E-state index contributed by atoms with van der Waals surface area (Å²) in [5.74, 6) is 6.13. The molecule has 0 unspecified atom stereocenters. The van der Waals surface area contributed by atoms with Gasteiger partial charge in [-0.1, -0.05) is 19.9 Å². The van der Waals surface area contributed by atoms with Crippen LogP contribution in [0.4, 0.5) is 5.69 Å². The van der Waals surface area contributed by atoms with Gasteiger partial charge in [-0.3, -0.25) is 10.8 Å². The van der Waals surface area contributed by atoms with Gasteiger partial charge in [-0.25, -0.2) is 0 Å². The Balaban J connectivity index is 2.99. The molecule has 0 aliphatic heterocycles. The fourth-order valence-electron chi connectivity index (χ4n) is 2.49. The van der Waals surface area contributed by atoms with E-state index in [1.165, 1.54) is 11.1 Å². The summed E-state index contributed by atoms with van der Waals surface area (Å²) in [6.07, 6.45) is 0. The van der Waals surface area contributed by atoms with Gasteiger partial charge in [-0.05, 0) is 47.3 Å². The molecular weight excluding hydrogens is 290 g/mol. The number of nitrogens with zero attached hydrogens (tertiary/aromatic N) is 1. The van der Waals surface area contributed by atoms with Crippen LogP contribution in [-0.4, -0.2) is 4.98 Å². The lowest BCUT2D eigenvalue weighted by Crippen LogP contribution is -2.13. The van der Waals surface area contributed by atoms with E-state index in [1.807, 2.05) is 13.0 Å². The maximum atomic E-state index is 5.75. The van der Waals surface area contributed by atoms with Crippen LogP contribution in [0.1, 0.15) is 36.6 Å². The molecular formula is C14H18BrN3. The first kappa shape index (κ1) is 13.3. The summed E-state index contributed by atoms with van der Waals surface area (Å²) >= 11 is 3.56. The van der Waals surface area contributed by atoms with Crippen LogP contribution < -0.4 is 11.3 Å². The second-order valence-corrected chi connectivity index (χ2v) is 5.73. The molecule has 96 valence electrons. The summed E-state index contributed by atoms with van der Waals surface area (Å²) < 4.78 is 0.998. The van der Waals surface area contributed by atoms with E-state index in [0.29, 0.717) is 5.92 Å². The molecule has 0 saturated heterocycles. The van der Waals surface area contributed by atoms with Crippen LogP contribution in [0.5, 0.6) is 0 Å². The van der Waals surface area contributed by atoms with Crippen molar-refractivity contribution in [2.24, 2.45) is 5.84 Å². The van der Waals surface area contributed by atoms with Crippen molar-refractivity contribution in [2.75, 3.05) is 5.43 Å². The number of anilines is 1. The zero-order valence-electron chi connectivity index (χ0n) is 11.1. The fraction of sp³-hybridized carbons (Fsp3) is 0.357. The number of halogens is 1. The Kier molecular flexibility index (Phi) is 3.59. The van der Waals surface area contributed by atoms with Crippen molar-refractivity contribution in [1.82, 2.24) is 4.98 Å². The molecule has 0 atom stereocenters. The highest BCUT2D eigenvalue weighted by Crippen LogP contribution is 2.37. The molecule has 1 heterocycles. The van der Waals surface area contributed by atoms with Gasteiger partial charge in [0.05, 0.1) is 11.2 Å². The number of aryl methyl sites for hydroxylation is 2. The van der Waals surface area contributed by atoms with Crippen molar-refractivity contribution >= 4 is 32.5 Å². The van der Waals surface area contributed by atoms with Crippen LogP contribution in [-0.2, 0) is 0 Å². The van der Waals surface area contributed by atoms with Crippen LogP contribution in [0.2, 0.25) is 0 Å². The van der Waals surface area contributed by atoms with Crippen molar-refractivity contribution in [3.8, 4) is 0 Å². The smallest absolute Gasteiger partial charge is 0.0871 e. The number of nitrogens with two attached hydrogens (primary N) is 1. The molecule has 3 nitrogen and oxygen atoms in total. The Bertz CT molecular complexity index is 606. The molecule has 0 bridgehead atoms. The number of rotatable bonds is 2. The molecule has 0 radical (unpaired) electrons. The van der Waals surface area contributed by atoms with Gasteiger partial charge in [0.25, 0.3) is 0 Å². The third-order valence-electron chi connectivity index (χ3n) is 3.25. The summed E-state index contributed by atoms with van der Waals surface area (Å²) in [7, 11) is 0. The molecule has 0 spiro atoms. The average Bonchev–Trinajstić information content (AvgIpc) is 2.32. The first-order valence-corrected chi connectivity index (χ1v) is 6.82. The molecule has 2 aromatic rings. The van der Waals surface area contributed by atoms with Gasteiger partial charge >= 0.3 is 0 Å². The molecule has 0 amide bonds. The molecule has 4 heteroatoms. The highest BCUT2D eigenvalue weighted by Gasteiger charge is 2.17. The molecule has 1 aromatic carbocycles. The first-order chi connectivity index (χ1) is 8.47. The van der Waals surface area contributed by atoms with Gasteiger partial charge in [0, 0.05) is 21.1 Å². The summed E-state index contributed by atoms with van der Waals surface area (Å²) in [5.41, 5.74) is 8.21. The minimum atomic E-state index is 0.381. The van der Waals surface area contributed by atoms with E-state index >= 15 is 0 Å². The lowest BCUT2D eigenvalue weighted by atomic mass is 9.95. The molecule has 1 aromatic heterocycles. The van der Waals surface area contributed by atoms with Crippen molar-refractivity contribution < 1.29 is 0 Å². The van der Waals surface area contributed by atoms with Crippen molar-refractivity contribution in [3.63, 3.8) is 0 Å². The number of nitrogens with one attached hydrogen (secondary N) is 1. The highest BCUT2D eigenvalue weighted by atomic mass is 79.9. The van der Waals surface area contributed by atoms with Crippen LogP contribution in [0.25, 0.3) is 10.9 Å². The number of aromatic nitrogens is 1. The maximum Gasteiger partial charge on any atom is 0.0871 e. The number of nitrogen functional groups attached to an aromatic ring is 1. The first-order valence-electron chi connectivity index (χ1n) is 6.03. The van der Waals surface area contributed by atoms with Gasteiger partial charge in [0.15, 0.2) is 0 Å². The van der Waals surface area contributed by atoms with E-state index in [0.717, 1.165) is 26.8 Å². The van der Waals surface area contributed by atoms with E-state index in [1.54, 1.807) is 0 Å². The molecule has 0 aliphatic rings. The van der Waals surface area contributed by atoms with Gasteiger partial charge in [-0.15, -0.1) is 0 Å². The number of fused-ring (bicyclic) bond motifs is 1. The van der Waals surface area contributed by atoms with Crippen molar-refractivity contribution in [2.45, 2.75) is 33.6 Å². The molecule has 2 rings (SSSR count). The summed E-state index contributed by atoms with van der Waals surface area (Å²) in [5, 5.41) is 1.10. The van der Waals surface area contributed by atoms with Crippen LogP contribution >= 0.6 is 15.9 Å². The van der Waals surface area contributed by atoms with E-state index in [-0.39, 0.29) is 0 Å². The number of hydrogen-bond acceptors (Lipinski definition) is 3. The normalized spacial score (nSPS) is 11.3. The fourth-order valence-corrected chi connectivity index (χ4v) is 2.91. The Morgan fingerprint density at radius 1 is 1.28 bits per heavy atom. The number of hydrogen-bond donors (Lipinski definition) is 2. The lowest BCUT2D eigenvalue weighted by Gasteiger charge is -2.19. The number of hydrazine groups is 1. The third kappa shape index (κ3) is 1.99. The van der Waals surface area contributed by atoms with E-state index in [2.05, 4.69) is 48.2 Å². The monoisotopic (exact) mass is 307 g/mol. The average molecular weight is 308 g/mol. The van der Waals surface area contributed by atoms with Gasteiger partial charge in [-0.2, -0.15) is 0 Å². The van der Waals surface area contributed by atoms with Gasteiger partial charge in [0.1, 0.15) is 0 Å². The minimum absolute atomic E-state index is 0.381. The van der Waals surface area contributed by atoms with Crippen LogP contribution in [0, 0.1) is 13.8 Å². The Morgan fingerprint density at radius 3 is 2.50 bits per heavy atom. The van der Waals surface area contributed by atoms with E-state index in [4.69, 9.17) is 10.8 Å². The standard InChI is InChI=1S/C14H18BrN3/c1-7(2)11-9(4)17-13-10(15)6-5-8(3)12(13)14(11)18-16/h5-7H,16H2,1-4H3,(H,17,18). The number of benzene rings is 1. The topological polar surface area (TPSA) is 50.9 Å². The zero-order chi connectivity index (χ0) is 13.4. The lowest BCUT2D eigenvalue weighted by molar-refractivity contribution is 0.848. The molecule has 3 N–H and O–H groups in total. The highest BCUT2D eigenvalue weighted by molar-refractivity contribution is 9.10. The summed E-state index contributed by atoms with van der Waals surface area (Å²) in [6.45, 7) is 8.43. The molecule has 0 saturated carbocycles. The van der Waals surface area contributed by atoms with Crippen LogP contribution in [0.3, 0.4) is 0 Å². The second kappa shape index (κ2) is 4.86. The Hall–Kier alpha value is -1.13. The van der Waals surface area contributed by atoms with Crippen molar-refractivity contribution in [1.29, 1.82) is 0 Å². The third-order valence-corrected chi connectivity index (χ3v) is 3.89. The summed E-state index contributed by atoms with van der Waals surface area (Å²) in [6, 6.07) is 4.10. The van der Waals surface area contributed by atoms with Gasteiger partial charge < -0.3 is 5.43 Å². The quantitative estimate of drug-likeness (QED) is 0.650. The molecule has 18 heavy (non-hydrogen) atoms. The number of pyridine rings is 1. The molecule has 0 aliphatic carbocycles. The van der Waals surface area contributed by atoms with Gasteiger partial charge in [0.2, 0.25) is 0 Å². The zero-order valence-corrected chi connectivity index (χ0v) is 12.7. The Morgan fingerprint density at radius 2 is 1.94 bits per heavy atom. The van der Waals surface area contributed by atoms with E-state index in [9.17, 15) is 0 Å². The van der Waals surface area contributed by atoms with Crippen LogP contribution in [0.15, 0.2) is 16.6 Å². The summed E-state index contributed by atoms with van der Waals surface area (Å²) in [4.78, 5) is 4.72. The predicted octanol–water partition coefficient (Wildman–Crippen LogP) is 4.02. The maximum absolute atomic E-state index is 5.75. The predicted molar refractivity (Wildman–Crippen MR) is 80.8 cm³/mol. The van der Waals surface area contributed by atoms with Crippen molar-refractivity contribution in [3.05, 3.63) is 33.4 Å². The Labute approximate surface area is 116 Å². The SMILES string of the molecule is Cc1nc2c(Br)ccc(C)c2c(NN)c1C(C)C. The molecule has 0 fully saturated rings. The second-order valence-electron chi connectivity index (χ2n) is 4.87. The minimum Gasteiger partial charge on any atom is -0.323 e. The largest absolute Gasteiger partial charge is 0.323 e. The van der Waals surface area contributed by atoms with E-state index < -0.39 is 0 Å².